The molecule has 3 rings (SSSR count). The van der Waals surface area contributed by atoms with Gasteiger partial charge in [0.05, 0.1) is 6.10 Å². The van der Waals surface area contributed by atoms with Crippen molar-refractivity contribution in [2.45, 2.75) is 31.8 Å². The molecule has 158 valence electrons. The van der Waals surface area contributed by atoms with Crippen LogP contribution in [0.5, 0.6) is 0 Å². The van der Waals surface area contributed by atoms with E-state index in [2.05, 4.69) is 16.0 Å². The Morgan fingerprint density at radius 3 is 2.23 bits per heavy atom. The number of ether oxygens (including phenoxy) is 1. The van der Waals surface area contributed by atoms with Gasteiger partial charge in [-0.25, -0.2) is 4.79 Å². The van der Waals surface area contributed by atoms with Crippen LogP contribution in [0, 0.1) is 0 Å². The molecule has 1 aliphatic heterocycles. The lowest BCUT2D eigenvalue weighted by Crippen LogP contribution is -2.35. The van der Waals surface area contributed by atoms with Crippen LogP contribution in [0.1, 0.15) is 36.0 Å². The molecule has 1 unspecified atom stereocenters. The van der Waals surface area contributed by atoms with E-state index < -0.39 is 0 Å². The van der Waals surface area contributed by atoms with Gasteiger partial charge in [0.25, 0.3) is 0 Å². The number of rotatable bonds is 8. The Hall–Kier alpha value is -2.90. The van der Waals surface area contributed by atoms with Crippen LogP contribution in [0.2, 0.25) is 5.02 Å². The number of benzene rings is 2. The molecule has 2 aromatic carbocycles. The Labute approximate surface area is 180 Å². The van der Waals surface area contributed by atoms with E-state index in [-0.39, 0.29) is 36.7 Å². The van der Waals surface area contributed by atoms with Crippen LogP contribution in [0.25, 0.3) is 0 Å². The average molecular weight is 430 g/mol. The second-order valence-corrected chi connectivity index (χ2v) is 7.46. The maximum atomic E-state index is 12.1. The van der Waals surface area contributed by atoms with Crippen LogP contribution in [0.3, 0.4) is 0 Å². The standard InChI is InChI=1S/C22H24ClN3O4/c23-16-5-3-15(4-6-16)20(27)11-12-21(28)25-17-7-9-18(10-8-17)26-22(29)24-14-19-2-1-13-30-19/h3-10,19H,1-2,11-14H2,(H,25,28)(H2,24,26,29). The summed E-state index contributed by atoms with van der Waals surface area (Å²) in [6.45, 7) is 1.23. The first kappa shape index (κ1) is 21.8. The van der Waals surface area contributed by atoms with Crippen molar-refractivity contribution in [2.75, 3.05) is 23.8 Å². The molecule has 0 aromatic heterocycles. The molecule has 30 heavy (non-hydrogen) atoms. The van der Waals surface area contributed by atoms with Gasteiger partial charge in [-0.1, -0.05) is 11.6 Å². The quantitative estimate of drug-likeness (QED) is 0.547. The van der Waals surface area contributed by atoms with Gasteiger partial charge in [-0.3, -0.25) is 9.59 Å². The Kier molecular flexibility index (Phi) is 7.82. The highest BCUT2D eigenvalue weighted by molar-refractivity contribution is 6.30. The zero-order valence-corrected chi connectivity index (χ0v) is 17.2. The molecule has 3 N–H and O–H groups in total. The SMILES string of the molecule is O=C(CCC(=O)c1ccc(Cl)cc1)Nc1ccc(NC(=O)NCC2CCCO2)cc1. The van der Waals surface area contributed by atoms with Gasteiger partial charge in [-0.05, 0) is 61.4 Å². The molecular formula is C22H24ClN3O4. The van der Waals surface area contributed by atoms with Crippen molar-refractivity contribution in [1.82, 2.24) is 5.32 Å². The average Bonchev–Trinajstić information content (AvgIpc) is 3.26. The summed E-state index contributed by atoms with van der Waals surface area (Å²) in [5.74, 6) is -0.372. The van der Waals surface area contributed by atoms with E-state index in [1.807, 2.05) is 0 Å². The Morgan fingerprint density at radius 2 is 1.60 bits per heavy atom. The number of urea groups is 1. The van der Waals surface area contributed by atoms with Gasteiger partial charge in [-0.2, -0.15) is 0 Å². The zero-order chi connectivity index (χ0) is 21.3. The van der Waals surface area contributed by atoms with E-state index in [1.165, 1.54) is 0 Å². The van der Waals surface area contributed by atoms with E-state index in [4.69, 9.17) is 16.3 Å². The summed E-state index contributed by atoms with van der Waals surface area (Å²) in [5.41, 5.74) is 1.72. The van der Waals surface area contributed by atoms with Crippen molar-refractivity contribution in [3.8, 4) is 0 Å². The number of Topliss-reactive ketones (excluding diaryl/α,β-unsaturated/α-hetero) is 1. The number of ketones is 1. The van der Waals surface area contributed by atoms with Crippen molar-refractivity contribution in [3.05, 3.63) is 59.1 Å². The molecule has 0 radical (unpaired) electrons. The molecule has 1 fully saturated rings. The van der Waals surface area contributed by atoms with Gasteiger partial charge in [0.1, 0.15) is 0 Å². The van der Waals surface area contributed by atoms with E-state index in [1.54, 1.807) is 48.5 Å². The van der Waals surface area contributed by atoms with Gasteiger partial charge in [0, 0.05) is 48.0 Å². The molecule has 2 aromatic rings. The number of carbonyl (C=O) groups excluding carboxylic acids is 3. The van der Waals surface area contributed by atoms with Crippen LogP contribution in [0.4, 0.5) is 16.2 Å². The maximum absolute atomic E-state index is 12.1. The first-order valence-corrected chi connectivity index (χ1v) is 10.2. The van der Waals surface area contributed by atoms with Gasteiger partial charge in [-0.15, -0.1) is 0 Å². The smallest absolute Gasteiger partial charge is 0.319 e. The number of carbonyl (C=O) groups is 3. The van der Waals surface area contributed by atoms with Crippen LogP contribution in [-0.2, 0) is 9.53 Å². The summed E-state index contributed by atoms with van der Waals surface area (Å²) in [4.78, 5) is 36.2. The van der Waals surface area contributed by atoms with Gasteiger partial charge < -0.3 is 20.7 Å². The fraction of sp³-hybridized carbons (Fsp3) is 0.318. The number of nitrogens with one attached hydrogen (secondary N) is 3. The van der Waals surface area contributed by atoms with E-state index in [0.717, 1.165) is 19.4 Å². The number of hydrogen-bond donors (Lipinski definition) is 3. The highest BCUT2D eigenvalue weighted by Gasteiger charge is 2.16. The van der Waals surface area contributed by atoms with Gasteiger partial charge in [0.15, 0.2) is 5.78 Å². The first-order chi connectivity index (χ1) is 14.5. The van der Waals surface area contributed by atoms with E-state index >= 15 is 0 Å². The lowest BCUT2D eigenvalue weighted by Gasteiger charge is -2.12. The monoisotopic (exact) mass is 429 g/mol. The van der Waals surface area contributed by atoms with Crippen molar-refractivity contribution >= 4 is 40.7 Å². The molecule has 0 spiro atoms. The minimum absolute atomic E-state index is 0.0765. The summed E-state index contributed by atoms with van der Waals surface area (Å²) in [6, 6.07) is 13.0. The fourth-order valence-electron chi connectivity index (χ4n) is 3.05. The molecular weight excluding hydrogens is 406 g/mol. The Morgan fingerprint density at radius 1 is 0.933 bits per heavy atom. The van der Waals surface area contributed by atoms with E-state index in [9.17, 15) is 14.4 Å². The second-order valence-electron chi connectivity index (χ2n) is 7.03. The molecule has 8 heteroatoms. The van der Waals surface area contributed by atoms with Gasteiger partial charge >= 0.3 is 6.03 Å². The second kappa shape index (κ2) is 10.8. The molecule has 0 aliphatic carbocycles. The minimum Gasteiger partial charge on any atom is -0.376 e. The van der Waals surface area contributed by atoms with Crippen LogP contribution in [0.15, 0.2) is 48.5 Å². The Bertz CT molecular complexity index is 878. The molecule has 0 saturated carbocycles. The van der Waals surface area contributed by atoms with Crippen molar-refractivity contribution in [1.29, 1.82) is 0 Å². The van der Waals surface area contributed by atoms with Crippen molar-refractivity contribution < 1.29 is 19.1 Å². The van der Waals surface area contributed by atoms with Crippen molar-refractivity contribution in [2.24, 2.45) is 0 Å². The minimum atomic E-state index is -0.303. The summed E-state index contributed by atoms with van der Waals surface area (Å²) in [6.07, 6.45) is 2.25. The number of hydrogen-bond acceptors (Lipinski definition) is 4. The predicted molar refractivity (Wildman–Crippen MR) is 116 cm³/mol. The third-order valence-corrected chi connectivity index (χ3v) is 4.94. The maximum Gasteiger partial charge on any atom is 0.319 e. The fourth-order valence-corrected chi connectivity index (χ4v) is 3.18. The molecule has 3 amide bonds. The summed E-state index contributed by atoms with van der Waals surface area (Å²) < 4.78 is 5.46. The number of anilines is 2. The third kappa shape index (κ3) is 6.86. The normalized spacial score (nSPS) is 15.4. The third-order valence-electron chi connectivity index (χ3n) is 4.69. The molecule has 1 aliphatic rings. The molecule has 7 nitrogen and oxygen atoms in total. The predicted octanol–water partition coefficient (Wildman–Crippen LogP) is 4.24. The largest absolute Gasteiger partial charge is 0.376 e. The summed E-state index contributed by atoms with van der Waals surface area (Å²) in [7, 11) is 0. The van der Waals surface area contributed by atoms with Crippen LogP contribution >= 0.6 is 11.6 Å². The highest BCUT2D eigenvalue weighted by Crippen LogP contribution is 2.16. The van der Waals surface area contributed by atoms with E-state index in [0.29, 0.717) is 28.5 Å². The topological polar surface area (TPSA) is 96.5 Å². The summed E-state index contributed by atoms with van der Waals surface area (Å²) in [5, 5.41) is 8.82. The lowest BCUT2D eigenvalue weighted by molar-refractivity contribution is -0.116. The van der Waals surface area contributed by atoms with Crippen molar-refractivity contribution in [3.63, 3.8) is 0 Å². The zero-order valence-electron chi connectivity index (χ0n) is 16.4. The first-order valence-electron chi connectivity index (χ1n) is 9.85. The van der Waals surface area contributed by atoms with Crippen LogP contribution < -0.4 is 16.0 Å². The highest BCUT2D eigenvalue weighted by atomic mass is 35.5. The number of halogens is 1. The molecule has 1 atom stereocenters. The van der Waals surface area contributed by atoms with Crippen LogP contribution in [-0.4, -0.2) is 37.0 Å². The molecule has 1 heterocycles. The lowest BCUT2D eigenvalue weighted by atomic mass is 10.1. The summed E-state index contributed by atoms with van der Waals surface area (Å²) >= 11 is 5.81. The number of amides is 3. The van der Waals surface area contributed by atoms with Gasteiger partial charge in [0.2, 0.25) is 5.91 Å². The molecule has 0 bridgehead atoms. The Balaban J connectivity index is 1.39. The molecule has 1 saturated heterocycles.